The van der Waals surface area contributed by atoms with Crippen LogP contribution in [-0.2, 0) is 9.53 Å². The minimum absolute atomic E-state index is 0.0106. The molecule has 1 saturated heterocycles. The van der Waals surface area contributed by atoms with Crippen molar-refractivity contribution in [3.8, 4) is 0 Å². The molecular formula is C13H13ClFNO4. The first-order valence-electron chi connectivity index (χ1n) is 5.99. The van der Waals surface area contributed by atoms with Crippen LogP contribution in [0, 0.1) is 12.7 Å². The summed E-state index contributed by atoms with van der Waals surface area (Å²) >= 11 is 5.88. The highest BCUT2D eigenvalue weighted by atomic mass is 35.5. The van der Waals surface area contributed by atoms with Gasteiger partial charge in [-0.2, -0.15) is 0 Å². The van der Waals surface area contributed by atoms with Crippen LogP contribution < -0.4 is 0 Å². The first kappa shape index (κ1) is 14.7. The molecule has 20 heavy (non-hydrogen) atoms. The first-order chi connectivity index (χ1) is 9.40. The number of ether oxygens (including phenoxy) is 1. The molecule has 1 aromatic rings. The number of hydrogen-bond acceptors (Lipinski definition) is 3. The van der Waals surface area contributed by atoms with E-state index in [9.17, 15) is 14.0 Å². The molecule has 5 nitrogen and oxygen atoms in total. The van der Waals surface area contributed by atoms with E-state index in [-0.39, 0.29) is 30.3 Å². The van der Waals surface area contributed by atoms with E-state index in [1.165, 1.54) is 17.9 Å². The number of hydrogen-bond donors (Lipinski definition) is 1. The lowest BCUT2D eigenvalue weighted by atomic mass is 10.1. The van der Waals surface area contributed by atoms with E-state index in [2.05, 4.69) is 0 Å². The van der Waals surface area contributed by atoms with E-state index in [1.54, 1.807) is 0 Å². The van der Waals surface area contributed by atoms with E-state index in [4.69, 9.17) is 21.4 Å². The third kappa shape index (κ3) is 2.91. The van der Waals surface area contributed by atoms with E-state index < -0.39 is 23.8 Å². The van der Waals surface area contributed by atoms with Crippen molar-refractivity contribution in [3.63, 3.8) is 0 Å². The number of aryl methyl sites for hydroxylation is 1. The first-order valence-corrected chi connectivity index (χ1v) is 6.37. The second-order valence-corrected chi connectivity index (χ2v) is 4.94. The Bertz CT molecular complexity index is 564. The number of carbonyl (C=O) groups excluding carboxylic acids is 1. The number of rotatable bonds is 2. The zero-order valence-electron chi connectivity index (χ0n) is 10.7. The van der Waals surface area contributed by atoms with Crippen molar-refractivity contribution in [2.75, 3.05) is 19.7 Å². The molecule has 1 fully saturated rings. The van der Waals surface area contributed by atoms with Crippen LogP contribution in [0.2, 0.25) is 5.02 Å². The summed E-state index contributed by atoms with van der Waals surface area (Å²) in [6, 6.07) is 2.45. The lowest BCUT2D eigenvalue weighted by molar-refractivity contribution is -0.154. The van der Waals surface area contributed by atoms with Crippen LogP contribution >= 0.6 is 11.6 Å². The predicted octanol–water partition coefficient (Wildman–Crippen LogP) is 1.71. The molecule has 0 aromatic heterocycles. The molecule has 7 heteroatoms. The fourth-order valence-corrected chi connectivity index (χ4v) is 2.21. The normalized spacial score (nSPS) is 18.9. The monoisotopic (exact) mass is 301 g/mol. The highest BCUT2D eigenvalue weighted by Gasteiger charge is 2.30. The summed E-state index contributed by atoms with van der Waals surface area (Å²) in [7, 11) is 0. The maximum absolute atomic E-state index is 13.3. The summed E-state index contributed by atoms with van der Waals surface area (Å²) in [6.45, 7) is 1.89. The number of aliphatic carboxylic acids is 1. The fraction of sp³-hybridized carbons (Fsp3) is 0.385. The minimum Gasteiger partial charge on any atom is -0.479 e. The molecule has 1 atom stereocenters. The second-order valence-electron chi connectivity index (χ2n) is 4.53. The van der Waals surface area contributed by atoms with Gasteiger partial charge in [-0.3, -0.25) is 4.79 Å². The molecule has 108 valence electrons. The standard InChI is InChI=1S/C13H13ClFNO4/c1-7-4-8(9(14)5-10(7)15)12(17)16-2-3-20-11(6-16)13(18)19/h4-5,11H,2-3,6H2,1H3,(H,18,19)/t11-/m1/s1. The molecule has 1 heterocycles. The molecule has 0 bridgehead atoms. The third-order valence-electron chi connectivity index (χ3n) is 3.11. The Morgan fingerprint density at radius 1 is 1.50 bits per heavy atom. The fourth-order valence-electron chi connectivity index (χ4n) is 1.97. The van der Waals surface area contributed by atoms with Gasteiger partial charge in [-0.25, -0.2) is 9.18 Å². The lowest BCUT2D eigenvalue weighted by Crippen LogP contribution is -2.48. The Morgan fingerprint density at radius 3 is 2.85 bits per heavy atom. The molecule has 1 aliphatic rings. The maximum atomic E-state index is 13.3. The summed E-state index contributed by atoms with van der Waals surface area (Å²) in [5.41, 5.74) is 0.470. The average Bonchev–Trinajstić information content (AvgIpc) is 2.42. The van der Waals surface area contributed by atoms with Crippen LogP contribution in [0.4, 0.5) is 4.39 Å². The second kappa shape index (κ2) is 5.76. The van der Waals surface area contributed by atoms with Crippen molar-refractivity contribution in [2.24, 2.45) is 0 Å². The molecule has 2 rings (SSSR count). The highest BCUT2D eigenvalue weighted by molar-refractivity contribution is 6.33. The Kier molecular flexibility index (Phi) is 4.25. The van der Waals surface area contributed by atoms with Crippen LogP contribution in [0.15, 0.2) is 12.1 Å². The van der Waals surface area contributed by atoms with Crippen molar-refractivity contribution < 1.29 is 23.8 Å². The Labute approximate surface area is 119 Å². The molecule has 0 saturated carbocycles. The maximum Gasteiger partial charge on any atom is 0.334 e. The zero-order valence-corrected chi connectivity index (χ0v) is 11.5. The van der Waals surface area contributed by atoms with Gasteiger partial charge in [-0.1, -0.05) is 11.6 Å². The van der Waals surface area contributed by atoms with E-state index in [1.807, 2.05) is 0 Å². The van der Waals surface area contributed by atoms with Crippen LogP contribution in [0.25, 0.3) is 0 Å². The van der Waals surface area contributed by atoms with Gasteiger partial charge in [0.2, 0.25) is 0 Å². The summed E-state index contributed by atoms with van der Waals surface area (Å²) in [5.74, 6) is -2.03. The number of halogens is 2. The molecule has 1 N–H and O–H groups in total. The smallest absolute Gasteiger partial charge is 0.334 e. The van der Waals surface area contributed by atoms with Gasteiger partial charge in [0.05, 0.1) is 23.7 Å². The summed E-state index contributed by atoms with van der Waals surface area (Å²) in [6.07, 6.45) is -1.05. The number of amides is 1. The number of carboxylic acid groups (broad SMARTS) is 1. The van der Waals surface area contributed by atoms with Crippen LogP contribution in [0.3, 0.4) is 0 Å². The number of carbonyl (C=O) groups is 2. The lowest BCUT2D eigenvalue weighted by Gasteiger charge is -2.31. The molecule has 0 spiro atoms. The van der Waals surface area contributed by atoms with Crippen molar-refractivity contribution in [1.29, 1.82) is 0 Å². The van der Waals surface area contributed by atoms with E-state index in [0.29, 0.717) is 5.56 Å². The Balaban J connectivity index is 2.23. The average molecular weight is 302 g/mol. The van der Waals surface area contributed by atoms with Crippen LogP contribution in [-0.4, -0.2) is 47.7 Å². The van der Waals surface area contributed by atoms with Gasteiger partial charge in [0.15, 0.2) is 6.10 Å². The predicted molar refractivity (Wildman–Crippen MR) is 69.4 cm³/mol. The van der Waals surface area contributed by atoms with Crippen molar-refractivity contribution in [1.82, 2.24) is 4.90 Å². The van der Waals surface area contributed by atoms with Gasteiger partial charge in [0.25, 0.3) is 5.91 Å². The van der Waals surface area contributed by atoms with Crippen molar-refractivity contribution in [2.45, 2.75) is 13.0 Å². The molecule has 1 amide bonds. The molecular weight excluding hydrogens is 289 g/mol. The largest absolute Gasteiger partial charge is 0.479 e. The number of morpholine rings is 1. The quantitative estimate of drug-likeness (QED) is 0.903. The number of benzene rings is 1. The summed E-state index contributed by atoms with van der Waals surface area (Å²) in [4.78, 5) is 24.6. The molecule has 0 radical (unpaired) electrons. The molecule has 1 aliphatic heterocycles. The SMILES string of the molecule is Cc1cc(C(=O)N2CCO[C@@H](C(=O)O)C2)c(Cl)cc1F. The van der Waals surface area contributed by atoms with Gasteiger partial charge in [0, 0.05) is 6.54 Å². The van der Waals surface area contributed by atoms with Crippen LogP contribution in [0.1, 0.15) is 15.9 Å². The number of nitrogens with zero attached hydrogens (tertiary/aromatic N) is 1. The topological polar surface area (TPSA) is 66.8 Å². The summed E-state index contributed by atoms with van der Waals surface area (Å²) < 4.78 is 18.4. The van der Waals surface area contributed by atoms with Crippen molar-refractivity contribution in [3.05, 3.63) is 34.1 Å². The van der Waals surface area contributed by atoms with Gasteiger partial charge >= 0.3 is 5.97 Å². The molecule has 0 aliphatic carbocycles. The third-order valence-corrected chi connectivity index (χ3v) is 3.42. The summed E-state index contributed by atoms with van der Waals surface area (Å²) in [5, 5.41) is 8.92. The zero-order chi connectivity index (χ0) is 14.9. The van der Waals surface area contributed by atoms with Gasteiger partial charge < -0.3 is 14.7 Å². The van der Waals surface area contributed by atoms with Gasteiger partial charge in [0.1, 0.15) is 5.82 Å². The minimum atomic E-state index is -1.12. The number of carboxylic acids is 1. The Morgan fingerprint density at radius 2 is 2.20 bits per heavy atom. The highest BCUT2D eigenvalue weighted by Crippen LogP contribution is 2.22. The van der Waals surface area contributed by atoms with Gasteiger partial charge in [-0.05, 0) is 24.6 Å². The van der Waals surface area contributed by atoms with Gasteiger partial charge in [-0.15, -0.1) is 0 Å². The van der Waals surface area contributed by atoms with E-state index in [0.717, 1.165) is 6.07 Å². The van der Waals surface area contributed by atoms with Crippen molar-refractivity contribution >= 4 is 23.5 Å². The van der Waals surface area contributed by atoms with Crippen LogP contribution in [0.5, 0.6) is 0 Å². The molecule has 1 aromatic carbocycles. The molecule has 0 unspecified atom stereocenters. The van der Waals surface area contributed by atoms with E-state index >= 15 is 0 Å². The Hall–Kier alpha value is -1.66.